The highest BCUT2D eigenvalue weighted by Gasteiger charge is 2.22. The van der Waals surface area contributed by atoms with Gasteiger partial charge in [0.05, 0.1) is 6.10 Å². The Bertz CT molecular complexity index is 298. The first kappa shape index (κ1) is 22.6. The monoisotopic (exact) mass is 347 g/mol. The average Bonchev–Trinajstić information content (AvgIpc) is 2.50. The first-order chi connectivity index (χ1) is 10.9. The van der Waals surface area contributed by atoms with Gasteiger partial charge in [-0.1, -0.05) is 58.3 Å². The van der Waals surface area contributed by atoms with Crippen molar-refractivity contribution in [1.82, 2.24) is 5.32 Å². The summed E-state index contributed by atoms with van der Waals surface area (Å²) in [6.07, 6.45) is 11.4. The van der Waals surface area contributed by atoms with Gasteiger partial charge in [-0.25, -0.2) is 4.79 Å². The molecule has 0 rings (SSSR count). The summed E-state index contributed by atoms with van der Waals surface area (Å²) in [6, 6.07) is 0. The Morgan fingerprint density at radius 2 is 1.61 bits per heavy atom. The zero-order chi connectivity index (χ0) is 17.6. The van der Waals surface area contributed by atoms with E-state index in [-0.39, 0.29) is 6.54 Å². The van der Waals surface area contributed by atoms with Crippen LogP contribution in [0.15, 0.2) is 0 Å². The van der Waals surface area contributed by atoms with Gasteiger partial charge in [0.25, 0.3) is 0 Å². The lowest BCUT2D eigenvalue weighted by Gasteiger charge is -2.25. The minimum Gasteiger partial charge on any atom is -0.444 e. The van der Waals surface area contributed by atoms with Gasteiger partial charge < -0.3 is 15.2 Å². The summed E-state index contributed by atoms with van der Waals surface area (Å²) in [6.45, 7) is 6.29. The Hall–Kier alpha value is -0.420. The second-order valence-corrected chi connectivity index (χ2v) is 7.31. The topological polar surface area (TPSA) is 58.6 Å². The van der Waals surface area contributed by atoms with Gasteiger partial charge in [0.1, 0.15) is 5.60 Å². The molecule has 0 heterocycles. The van der Waals surface area contributed by atoms with E-state index in [2.05, 4.69) is 24.9 Å². The van der Waals surface area contributed by atoms with Gasteiger partial charge in [-0.05, 0) is 26.7 Å². The minimum absolute atomic E-state index is 0.177. The summed E-state index contributed by atoms with van der Waals surface area (Å²) >= 11 is 3.96. The molecule has 0 radical (unpaired) electrons. The van der Waals surface area contributed by atoms with Gasteiger partial charge in [0.15, 0.2) is 0 Å². The highest BCUT2D eigenvalue weighted by atomic mass is 32.1. The van der Waals surface area contributed by atoms with E-state index in [4.69, 9.17) is 4.74 Å². The standard InChI is InChI=1S/C18H37NO3S/c1-4-5-6-7-8-9-10-11-12-13-18(2,3)22-17(21)19-14-16(20)15-23/h16,20,23H,4-15H2,1-3H3,(H,19,21). The average molecular weight is 348 g/mol. The van der Waals surface area contributed by atoms with Crippen LogP contribution in [0.3, 0.4) is 0 Å². The maximum atomic E-state index is 11.7. The molecule has 0 aliphatic heterocycles. The van der Waals surface area contributed by atoms with Crippen LogP contribution < -0.4 is 5.32 Å². The van der Waals surface area contributed by atoms with Crippen molar-refractivity contribution < 1.29 is 14.6 Å². The predicted molar refractivity (Wildman–Crippen MR) is 100 cm³/mol. The molecule has 0 aromatic heterocycles. The molecule has 1 atom stereocenters. The van der Waals surface area contributed by atoms with Crippen molar-refractivity contribution >= 4 is 18.7 Å². The molecule has 23 heavy (non-hydrogen) atoms. The number of carbonyl (C=O) groups is 1. The number of aliphatic hydroxyl groups excluding tert-OH is 1. The van der Waals surface area contributed by atoms with Crippen LogP contribution in [-0.2, 0) is 4.74 Å². The van der Waals surface area contributed by atoms with Gasteiger partial charge >= 0.3 is 6.09 Å². The summed E-state index contributed by atoms with van der Waals surface area (Å²) in [4.78, 5) is 11.7. The number of rotatable bonds is 14. The van der Waals surface area contributed by atoms with E-state index >= 15 is 0 Å². The fraction of sp³-hybridized carbons (Fsp3) is 0.944. The van der Waals surface area contributed by atoms with Crippen LogP contribution in [-0.4, -0.2) is 35.2 Å². The Balaban J connectivity index is 3.61. The zero-order valence-electron chi connectivity index (χ0n) is 15.3. The van der Waals surface area contributed by atoms with Crippen LogP contribution in [0.5, 0.6) is 0 Å². The van der Waals surface area contributed by atoms with E-state index in [1.54, 1.807) is 0 Å². The second-order valence-electron chi connectivity index (χ2n) is 6.94. The fourth-order valence-electron chi connectivity index (χ4n) is 2.47. The van der Waals surface area contributed by atoms with Gasteiger partial charge in [-0.2, -0.15) is 12.6 Å². The molecule has 5 heteroatoms. The molecule has 0 fully saturated rings. The maximum Gasteiger partial charge on any atom is 0.407 e. The van der Waals surface area contributed by atoms with Crippen LogP contribution in [0.4, 0.5) is 4.79 Å². The van der Waals surface area contributed by atoms with Gasteiger partial charge in [-0.15, -0.1) is 0 Å². The van der Waals surface area contributed by atoms with Crippen molar-refractivity contribution in [2.24, 2.45) is 0 Å². The Morgan fingerprint density at radius 1 is 1.09 bits per heavy atom. The van der Waals surface area contributed by atoms with Gasteiger partial charge in [0.2, 0.25) is 0 Å². The third kappa shape index (κ3) is 14.9. The van der Waals surface area contributed by atoms with E-state index in [9.17, 15) is 9.90 Å². The molecular formula is C18H37NO3S. The summed E-state index contributed by atoms with van der Waals surface area (Å²) in [7, 11) is 0. The molecule has 0 saturated carbocycles. The number of nitrogens with one attached hydrogen (secondary N) is 1. The number of unbranched alkanes of at least 4 members (excludes halogenated alkanes) is 8. The molecule has 0 aromatic rings. The zero-order valence-corrected chi connectivity index (χ0v) is 16.2. The molecule has 4 nitrogen and oxygen atoms in total. The van der Waals surface area contributed by atoms with Crippen molar-refractivity contribution in [2.75, 3.05) is 12.3 Å². The number of ether oxygens (including phenoxy) is 1. The summed E-state index contributed by atoms with van der Waals surface area (Å²) in [5.74, 6) is 0.322. The van der Waals surface area contributed by atoms with Crippen LogP contribution in [0.2, 0.25) is 0 Å². The smallest absolute Gasteiger partial charge is 0.407 e. The Kier molecular flexibility index (Phi) is 13.7. The molecular weight excluding hydrogens is 310 g/mol. The lowest BCUT2D eigenvalue weighted by Crippen LogP contribution is -2.38. The normalized spacial score (nSPS) is 12.9. The van der Waals surface area contributed by atoms with Crippen LogP contribution in [0.25, 0.3) is 0 Å². The molecule has 0 bridgehead atoms. The van der Waals surface area contributed by atoms with E-state index < -0.39 is 17.8 Å². The summed E-state index contributed by atoms with van der Waals surface area (Å²) in [5.41, 5.74) is -0.461. The largest absolute Gasteiger partial charge is 0.444 e. The van der Waals surface area contributed by atoms with E-state index in [1.807, 2.05) is 13.8 Å². The number of hydrogen-bond acceptors (Lipinski definition) is 4. The van der Waals surface area contributed by atoms with Crippen molar-refractivity contribution in [2.45, 2.75) is 96.7 Å². The van der Waals surface area contributed by atoms with E-state index in [0.717, 1.165) is 12.8 Å². The first-order valence-electron chi connectivity index (χ1n) is 9.17. The van der Waals surface area contributed by atoms with Crippen LogP contribution in [0.1, 0.15) is 85.0 Å². The maximum absolute atomic E-state index is 11.7. The van der Waals surface area contributed by atoms with E-state index in [0.29, 0.717) is 5.75 Å². The molecule has 1 amide bonds. The number of thiol groups is 1. The molecule has 2 N–H and O–H groups in total. The third-order valence-corrected chi connectivity index (χ3v) is 4.37. The lowest BCUT2D eigenvalue weighted by atomic mass is 9.99. The Morgan fingerprint density at radius 3 is 2.13 bits per heavy atom. The van der Waals surface area contributed by atoms with Crippen molar-refractivity contribution in [3.05, 3.63) is 0 Å². The van der Waals surface area contributed by atoms with Crippen molar-refractivity contribution in [3.8, 4) is 0 Å². The van der Waals surface area contributed by atoms with Gasteiger partial charge in [-0.3, -0.25) is 0 Å². The molecule has 0 aliphatic carbocycles. The number of alkyl carbamates (subject to hydrolysis) is 1. The third-order valence-electron chi connectivity index (χ3n) is 3.94. The number of hydrogen-bond donors (Lipinski definition) is 3. The van der Waals surface area contributed by atoms with Crippen molar-refractivity contribution in [1.29, 1.82) is 0 Å². The minimum atomic E-state index is -0.633. The van der Waals surface area contributed by atoms with Gasteiger partial charge in [0, 0.05) is 12.3 Å². The number of aliphatic hydroxyl groups is 1. The van der Waals surface area contributed by atoms with Crippen LogP contribution in [0, 0.1) is 0 Å². The number of amides is 1. The van der Waals surface area contributed by atoms with E-state index in [1.165, 1.54) is 51.4 Å². The summed E-state index contributed by atoms with van der Waals surface area (Å²) < 4.78 is 5.42. The molecule has 0 spiro atoms. The molecule has 1 unspecified atom stereocenters. The SMILES string of the molecule is CCCCCCCCCCCC(C)(C)OC(=O)NCC(O)CS. The quantitative estimate of drug-likeness (QED) is 0.315. The molecule has 0 saturated heterocycles. The van der Waals surface area contributed by atoms with Crippen LogP contribution >= 0.6 is 12.6 Å². The van der Waals surface area contributed by atoms with Crippen molar-refractivity contribution in [3.63, 3.8) is 0 Å². The summed E-state index contributed by atoms with van der Waals surface area (Å²) in [5, 5.41) is 11.9. The fourth-order valence-corrected chi connectivity index (χ4v) is 2.59. The number of carbonyl (C=O) groups excluding carboxylic acids is 1. The first-order valence-corrected chi connectivity index (χ1v) is 9.80. The Labute approximate surface area is 148 Å². The highest BCUT2D eigenvalue weighted by molar-refractivity contribution is 7.80. The molecule has 138 valence electrons. The molecule has 0 aliphatic rings. The highest BCUT2D eigenvalue weighted by Crippen LogP contribution is 2.20. The predicted octanol–water partition coefficient (Wildman–Crippen LogP) is 4.70. The lowest BCUT2D eigenvalue weighted by molar-refractivity contribution is 0.0288. The second kappa shape index (κ2) is 14.0. The molecule has 0 aromatic carbocycles.